The van der Waals surface area contributed by atoms with Gasteiger partial charge >= 0.3 is 0 Å². The summed E-state index contributed by atoms with van der Waals surface area (Å²) in [6.07, 6.45) is 4.47. The van der Waals surface area contributed by atoms with Gasteiger partial charge in [0, 0.05) is 18.5 Å². The van der Waals surface area contributed by atoms with Gasteiger partial charge in [0.05, 0.1) is 0 Å². The third kappa shape index (κ3) is 4.16. The zero-order valence-corrected chi connectivity index (χ0v) is 8.52. The molecule has 0 aromatic rings. The van der Waals surface area contributed by atoms with E-state index in [0.29, 0.717) is 12.0 Å². The SMILES string of the molecule is CC[C@@H](C)/C(C=N)=C/NC(C)C. The number of rotatable bonds is 5. The van der Waals surface area contributed by atoms with Gasteiger partial charge in [0.15, 0.2) is 0 Å². The van der Waals surface area contributed by atoms with E-state index in [-0.39, 0.29) is 0 Å². The molecular formula is C10H20N2. The molecule has 0 radical (unpaired) electrons. The van der Waals surface area contributed by atoms with Crippen molar-refractivity contribution in [1.29, 1.82) is 5.41 Å². The lowest BCUT2D eigenvalue weighted by atomic mass is 10.0. The topological polar surface area (TPSA) is 35.9 Å². The average molecular weight is 168 g/mol. The van der Waals surface area contributed by atoms with Crippen molar-refractivity contribution in [3.8, 4) is 0 Å². The monoisotopic (exact) mass is 168 g/mol. The molecule has 0 unspecified atom stereocenters. The van der Waals surface area contributed by atoms with Crippen molar-refractivity contribution in [3.63, 3.8) is 0 Å². The summed E-state index contributed by atoms with van der Waals surface area (Å²) in [6, 6.07) is 0.448. The Morgan fingerprint density at radius 1 is 1.42 bits per heavy atom. The summed E-state index contributed by atoms with van der Waals surface area (Å²) in [5.74, 6) is 0.480. The summed E-state index contributed by atoms with van der Waals surface area (Å²) in [5, 5.41) is 10.4. The zero-order chi connectivity index (χ0) is 9.56. The summed E-state index contributed by atoms with van der Waals surface area (Å²) in [5.41, 5.74) is 1.08. The van der Waals surface area contributed by atoms with Crippen LogP contribution in [0.25, 0.3) is 0 Å². The highest BCUT2D eigenvalue weighted by molar-refractivity contribution is 5.76. The van der Waals surface area contributed by atoms with E-state index in [0.717, 1.165) is 12.0 Å². The Kier molecular flexibility index (Phi) is 5.43. The zero-order valence-electron chi connectivity index (χ0n) is 8.52. The molecule has 0 aliphatic carbocycles. The Balaban J connectivity index is 4.12. The van der Waals surface area contributed by atoms with Crippen molar-refractivity contribution < 1.29 is 0 Å². The van der Waals surface area contributed by atoms with Gasteiger partial charge in [-0.1, -0.05) is 13.8 Å². The number of hydrogen-bond acceptors (Lipinski definition) is 2. The molecule has 0 saturated carbocycles. The van der Waals surface area contributed by atoms with Crippen LogP contribution in [-0.4, -0.2) is 12.3 Å². The lowest BCUT2D eigenvalue weighted by Crippen LogP contribution is -2.17. The lowest BCUT2D eigenvalue weighted by Gasteiger charge is -2.11. The number of hydrogen-bond donors (Lipinski definition) is 2. The predicted molar refractivity (Wildman–Crippen MR) is 54.6 cm³/mol. The number of nitrogens with one attached hydrogen (secondary N) is 2. The Bertz CT molecular complexity index is 159. The minimum Gasteiger partial charge on any atom is -0.388 e. The van der Waals surface area contributed by atoms with Crippen molar-refractivity contribution in [1.82, 2.24) is 5.32 Å². The summed E-state index contributed by atoms with van der Waals surface area (Å²) in [4.78, 5) is 0. The maximum absolute atomic E-state index is 7.20. The predicted octanol–water partition coefficient (Wildman–Crippen LogP) is 2.56. The molecule has 0 rings (SSSR count). The maximum atomic E-state index is 7.20. The van der Waals surface area contributed by atoms with Gasteiger partial charge in [-0.15, -0.1) is 0 Å². The van der Waals surface area contributed by atoms with E-state index in [2.05, 4.69) is 33.0 Å². The molecule has 0 saturated heterocycles. The van der Waals surface area contributed by atoms with Crippen molar-refractivity contribution >= 4 is 6.21 Å². The van der Waals surface area contributed by atoms with Crippen LogP contribution in [0, 0.1) is 11.3 Å². The first kappa shape index (κ1) is 11.2. The maximum Gasteiger partial charge on any atom is 0.0226 e. The second-order valence-corrected chi connectivity index (χ2v) is 3.42. The smallest absolute Gasteiger partial charge is 0.0226 e. The van der Waals surface area contributed by atoms with E-state index in [4.69, 9.17) is 5.41 Å². The fourth-order valence-corrected chi connectivity index (χ4v) is 0.825. The Hall–Kier alpha value is -0.790. The van der Waals surface area contributed by atoms with E-state index in [9.17, 15) is 0 Å². The van der Waals surface area contributed by atoms with Crippen LogP contribution in [0.15, 0.2) is 11.8 Å². The quantitative estimate of drug-likeness (QED) is 0.608. The van der Waals surface area contributed by atoms with Crippen LogP contribution in [0.1, 0.15) is 34.1 Å². The van der Waals surface area contributed by atoms with Crippen LogP contribution in [-0.2, 0) is 0 Å². The molecule has 2 nitrogen and oxygen atoms in total. The first-order valence-corrected chi connectivity index (χ1v) is 4.58. The van der Waals surface area contributed by atoms with Gasteiger partial charge in [0.25, 0.3) is 0 Å². The Morgan fingerprint density at radius 3 is 2.33 bits per heavy atom. The normalized spacial score (nSPS) is 14.6. The molecule has 0 amide bonds. The molecule has 0 aromatic heterocycles. The van der Waals surface area contributed by atoms with Gasteiger partial charge in [-0.2, -0.15) is 0 Å². The molecule has 1 atom stereocenters. The van der Waals surface area contributed by atoms with Crippen LogP contribution >= 0.6 is 0 Å². The van der Waals surface area contributed by atoms with Gasteiger partial charge in [-0.05, 0) is 31.8 Å². The van der Waals surface area contributed by atoms with Crippen LogP contribution < -0.4 is 5.32 Å². The third-order valence-corrected chi connectivity index (χ3v) is 1.93. The van der Waals surface area contributed by atoms with E-state index < -0.39 is 0 Å². The van der Waals surface area contributed by atoms with E-state index in [1.165, 1.54) is 6.21 Å². The molecule has 0 heterocycles. The lowest BCUT2D eigenvalue weighted by molar-refractivity contribution is 0.652. The van der Waals surface area contributed by atoms with Gasteiger partial charge in [-0.25, -0.2) is 0 Å². The third-order valence-electron chi connectivity index (χ3n) is 1.93. The molecule has 70 valence electrons. The summed E-state index contributed by atoms with van der Waals surface area (Å²) in [7, 11) is 0. The van der Waals surface area contributed by atoms with E-state index >= 15 is 0 Å². The van der Waals surface area contributed by atoms with Crippen LogP contribution in [0.3, 0.4) is 0 Å². The van der Waals surface area contributed by atoms with E-state index in [1.54, 1.807) is 0 Å². The Morgan fingerprint density at radius 2 is 2.00 bits per heavy atom. The van der Waals surface area contributed by atoms with Gasteiger partial charge in [-0.3, -0.25) is 0 Å². The highest BCUT2D eigenvalue weighted by Crippen LogP contribution is 2.10. The fraction of sp³-hybridized carbons (Fsp3) is 0.700. The average Bonchev–Trinajstić information content (AvgIpc) is 2.04. The minimum atomic E-state index is 0.448. The standard InChI is InChI=1S/C10H20N2/c1-5-9(4)10(6-11)7-12-8(2)3/h6-9,11-12H,5H2,1-4H3/b10-7+,11-6?/t9-/m1/s1. The molecule has 0 aliphatic rings. The molecular weight excluding hydrogens is 148 g/mol. The first-order chi connectivity index (χ1) is 5.61. The molecule has 0 bridgehead atoms. The van der Waals surface area contributed by atoms with Gasteiger partial charge in [0.1, 0.15) is 0 Å². The van der Waals surface area contributed by atoms with Crippen molar-refractivity contribution in [2.24, 2.45) is 5.92 Å². The van der Waals surface area contributed by atoms with Crippen LogP contribution in [0.4, 0.5) is 0 Å². The highest BCUT2D eigenvalue weighted by atomic mass is 14.9. The summed E-state index contributed by atoms with van der Waals surface area (Å²) >= 11 is 0. The van der Waals surface area contributed by atoms with Gasteiger partial charge < -0.3 is 10.7 Å². The Labute approximate surface area is 75.6 Å². The summed E-state index contributed by atoms with van der Waals surface area (Å²) < 4.78 is 0. The molecule has 2 heteroatoms. The van der Waals surface area contributed by atoms with Crippen LogP contribution in [0.2, 0.25) is 0 Å². The number of allylic oxidation sites excluding steroid dienone is 1. The highest BCUT2D eigenvalue weighted by Gasteiger charge is 2.02. The molecule has 12 heavy (non-hydrogen) atoms. The van der Waals surface area contributed by atoms with Crippen molar-refractivity contribution in [2.75, 3.05) is 0 Å². The summed E-state index contributed by atoms with van der Waals surface area (Å²) in [6.45, 7) is 8.46. The fourth-order valence-electron chi connectivity index (χ4n) is 0.825. The molecule has 0 aromatic carbocycles. The van der Waals surface area contributed by atoms with Crippen molar-refractivity contribution in [3.05, 3.63) is 11.8 Å². The molecule has 2 N–H and O–H groups in total. The van der Waals surface area contributed by atoms with Gasteiger partial charge in [0.2, 0.25) is 0 Å². The minimum absolute atomic E-state index is 0.448. The molecule has 0 spiro atoms. The molecule has 0 aliphatic heterocycles. The largest absolute Gasteiger partial charge is 0.388 e. The van der Waals surface area contributed by atoms with E-state index in [1.807, 2.05) is 6.20 Å². The second kappa shape index (κ2) is 5.81. The van der Waals surface area contributed by atoms with Crippen LogP contribution in [0.5, 0.6) is 0 Å². The molecule has 0 fully saturated rings. The second-order valence-electron chi connectivity index (χ2n) is 3.42. The first-order valence-electron chi connectivity index (χ1n) is 4.58. The van der Waals surface area contributed by atoms with Crippen molar-refractivity contribution in [2.45, 2.75) is 40.2 Å².